The lowest BCUT2D eigenvalue weighted by molar-refractivity contribution is 0.386. The second-order valence-corrected chi connectivity index (χ2v) is 5.57. The minimum absolute atomic E-state index is 0.190. The van der Waals surface area contributed by atoms with Crippen molar-refractivity contribution in [2.75, 3.05) is 0 Å². The first-order chi connectivity index (χ1) is 7.50. The molecule has 4 heteroatoms. The lowest BCUT2D eigenvalue weighted by Gasteiger charge is -2.18. The van der Waals surface area contributed by atoms with Gasteiger partial charge in [0.1, 0.15) is 0 Å². The lowest BCUT2D eigenvalue weighted by Crippen LogP contribution is -2.14. The molecule has 90 valence electrons. The molecule has 0 fully saturated rings. The van der Waals surface area contributed by atoms with Gasteiger partial charge in [-0.15, -0.1) is 0 Å². The third-order valence-electron chi connectivity index (χ3n) is 2.82. The summed E-state index contributed by atoms with van der Waals surface area (Å²) in [5, 5.41) is 0.190. The van der Waals surface area contributed by atoms with Crippen molar-refractivity contribution in [2.24, 2.45) is 0 Å². The molecule has 0 amide bonds. The van der Waals surface area contributed by atoms with Gasteiger partial charge in [-0.25, -0.2) is 0 Å². The zero-order valence-corrected chi connectivity index (χ0v) is 10.7. The fourth-order valence-electron chi connectivity index (χ4n) is 2.03. The highest BCUT2D eigenvalue weighted by Gasteiger charge is 2.24. The molecule has 0 radical (unpaired) electrons. The molecule has 0 heterocycles. The summed E-state index contributed by atoms with van der Waals surface area (Å²) < 4.78 is 11.4. The van der Waals surface area contributed by atoms with Gasteiger partial charge >= 0.3 is 7.60 Å². The van der Waals surface area contributed by atoms with Gasteiger partial charge in [-0.05, 0) is 30.4 Å². The fourth-order valence-corrected chi connectivity index (χ4v) is 2.90. The molecule has 0 aliphatic rings. The van der Waals surface area contributed by atoms with E-state index >= 15 is 0 Å². The first kappa shape index (κ1) is 13.4. The number of rotatable bonds is 5. The van der Waals surface area contributed by atoms with E-state index in [1.54, 1.807) is 6.07 Å². The molecular weight excluding hydrogens is 223 g/mol. The van der Waals surface area contributed by atoms with Gasteiger partial charge < -0.3 is 9.79 Å². The Morgan fingerprint density at radius 1 is 1.25 bits per heavy atom. The van der Waals surface area contributed by atoms with Crippen molar-refractivity contribution in [1.29, 1.82) is 0 Å². The van der Waals surface area contributed by atoms with E-state index in [0.29, 0.717) is 0 Å². The van der Waals surface area contributed by atoms with E-state index in [-0.39, 0.29) is 11.2 Å². The standard InChI is InChI=1S/C12H19O3P/c1-3-7-10(4-2)11-8-5-6-9-12(11)16(13,14)15/h5-6,8-10H,3-4,7H2,1-2H3,(H2,13,14,15). The van der Waals surface area contributed by atoms with Crippen LogP contribution in [0, 0.1) is 0 Å². The van der Waals surface area contributed by atoms with Gasteiger partial charge in [-0.2, -0.15) is 0 Å². The molecule has 1 aromatic rings. The van der Waals surface area contributed by atoms with Gasteiger partial charge in [0.2, 0.25) is 0 Å². The van der Waals surface area contributed by atoms with Gasteiger partial charge in [0, 0.05) is 0 Å². The molecule has 0 aliphatic heterocycles. The van der Waals surface area contributed by atoms with Crippen LogP contribution in [0.5, 0.6) is 0 Å². The summed E-state index contributed by atoms with van der Waals surface area (Å²) in [7, 11) is -4.15. The predicted molar refractivity (Wildman–Crippen MR) is 66.1 cm³/mol. The second kappa shape index (κ2) is 5.62. The van der Waals surface area contributed by atoms with Crippen LogP contribution in [0.4, 0.5) is 0 Å². The van der Waals surface area contributed by atoms with Crippen LogP contribution in [-0.2, 0) is 4.57 Å². The van der Waals surface area contributed by atoms with Crippen molar-refractivity contribution in [3.05, 3.63) is 29.8 Å². The van der Waals surface area contributed by atoms with Crippen molar-refractivity contribution in [3.8, 4) is 0 Å². The molecule has 1 aromatic carbocycles. The van der Waals surface area contributed by atoms with Crippen LogP contribution in [0.25, 0.3) is 0 Å². The summed E-state index contributed by atoms with van der Waals surface area (Å²) in [6.07, 6.45) is 2.90. The highest BCUT2D eigenvalue weighted by Crippen LogP contribution is 2.38. The lowest BCUT2D eigenvalue weighted by atomic mass is 9.92. The van der Waals surface area contributed by atoms with Crippen LogP contribution in [0.1, 0.15) is 44.6 Å². The summed E-state index contributed by atoms with van der Waals surface area (Å²) in [6, 6.07) is 6.89. The topological polar surface area (TPSA) is 57.5 Å². The van der Waals surface area contributed by atoms with Crippen LogP contribution < -0.4 is 5.30 Å². The Balaban J connectivity index is 3.16. The number of hydrogen-bond donors (Lipinski definition) is 2. The SMILES string of the molecule is CCCC(CC)c1ccccc1P(=O)(O)O. The number of hydrogen-bond acceptors (Lipinski definition) is 1. The quantitative estimate of drug-likeness (QED) is 0.780. The monoisotopic (exact) mass is 242 g/mol. The summed E-state index contributed by atoms with van der Waals surface area (Å²) in [6.45, 7) is 4.14. The molecule has 1 atom stereocenters. The first-order valence-corrected chi connectivity index (χ1v) is 7.27. The van der Waals surface area contributed by atoms with Gasteiger partial charge in [-0.3, -0.25) is 4.57 Å². The van der Waals surface area contributed by atoms with Crippen LogP contribution >= 0.6 is 7.60 Å². The second-order valence-electron chi connectivity index (χ2n) is 4.00. The van der Waals surface area contributed by atoms with E-state index in [2.05, 4.69) is 13.8 Å². The molecule has 1 unspecified atom stereocenters. The Labute approximate surface area is 96.7 Å². The molecule has 0 bridgehead atoms. The van der Waals surface area contributed by atoms with Crippen molar-refractivity contribution in [2.45, 2.75) is 39.0 Å². The van der Waals surface area contributed by atoms with Crippen LogP contribution in [-0.4, -0.2) is 9.79 Å². The summed E-state index contributed by atoms with van der Waals surface area (Å²) >= 11 is 0. The van der Waals surface area contributed by atoms with Crippen LogP contribution in [0.3, 0.4) is 0 Å². The van der Waals surface area contributed by atoms with Crippen LogP contribution in [0.2, 0.25) is 0 Å². The zero-order chi connectivity index (χ0) is 12.2. The molecule has 0 aliphatic carbocycles. The van der Waals surface area contributed by atoms with E-state index in [4.69, 9.17) is 0 Å². The largest absolute Gasteiger partial charge is 0.356 e. The molecule has 1 rings (SSSR count). The zero-order valence-electron chi connectivity index (χ0n) is 9.76. The molecular formula is C12H19O3P. The predicted octanol–water partition coefficient (Wildman–Crippen LogP) is 2.78. The Morgan fingerprint density at radius 2 is 1.88 bits per heavy atom. The van der Waals surface area contributed by atoms with E-state index in [1.807, 2.05) is 12.1 Å². The highest BCUT2D eigenvalue weighted by molar-refractivity contribution is 7.60. The van der Waals surface area contributed by atoms with Crippen LogP contribution in [0.15, 0.2) is 24.3 Å². The molecule has 16 heavy (non-hydrogen) atoms. The minimum atomic E-state index is -4.15. The number of benzene rings is 1. The average Bonchev–Trinajstić information content (AvgIpc) is 2.25. The normalized spacial score (nSPS) is 13.8. The van der Waals surface area contributed by atoms with Gasteiger partial charge in [0.15, 0.2) is 0 Å². The maximum Gasteiger partial charge on any atom is 0.356 e. The molecule has 0 saturated heterocycles. The van der Waals surface area contributed by atoms with E-state index in [9.17, 15) is 14.4 Å². The molecule has 0 spiro atoms. The van der Waals surface area contributed by atoms with Gasteiger partial charge in [0.05, 0.1) is 5.30 Å². The maximum atomic E-state index is 11.4. The Bertz CT molecular complexity index is 384. The molecule has 3 nitrogen and oxygen atoms in total. The molecule has 0 aromatic heterocycles. The summed E-state index contributed by atoms with van der Waals surface area (Å²) in [5.74, 6) is 0.244. The van der Waals surface area contributed by atoms with Crippen molar-refractivity contribution in [3.63, 3.8) is 0 Å². The van der Waals surface area contributed by atoms with Gasteiger partial charge in [-0.1, -0.05) is 38.5 Å². The van der Waals surface area contributed by atoms with Crippen molar-refractivity contribution < 1.29 is 14.4 Å². The van der Waals surface area contributed by atoms with Crippen molar-refractivity contribution in [1.82, 2.24) is 0 Å². The van der Waals surface area contributed by atoms with Crippen molar-refractivity contribution >= 4 is 12.9 Å². The van der Waals surface area contributed by atoms with E-state index in [1.165, 1.54) is 6.07 Å². The molecule has 0 saturated carbocycles. The highest BCUT2D eigenvalue weighted by atomic mass is 31.2. The Kier molecular flexibility index (Phi) is 4.72. The summed E-state index contributed by atoms with van der Waals surface area (Å²) in [5.41, 5.74) is 0.806. The fraction of sp³-hybridized carbons (Fsp3) is 0.500. The third kappa shape index (κ3) is 3.18. The Hall–Kier alpha value is -0.630. The average molecular weight is 242 g/mol. The third-order valence-corrected chi connectivity index (χ3v) is 3.86. The smallest absolute Gasteiger partial charge is 0.321 e. The summed E-state index contributed by atoms with van der Waals surface area (Å²) in [4.78, 5) is 18.6. The minimum Gasteiger partial charge on any atom is -0.321 e. The van der Waals surface area contributed by atoms with Gasteiger partial charge in [0.25, 0.3) is 0 Å². The van der Waals surface area contributed by atoms with E-state index < -0.39 is 7.60 Å². The first-order valence-electron chi connectivity index (χ1n) is 5.65. The van der Waals surface area contributed by atoms with E-state index in [0.717, 1.165) is 24.8 Å². The maximum absolute atomic E-state index is 11.4. The molecule has 2 N–H and O–H groups in total. The Morgan fingerprint density at radius 3 is 2.38 bits per heavy atom.